The maximum Gasteiger partial charge on any atom is 0.195 e. The average molecular weight is 232 g/mol. The van der Waals surface area contributed by atoms with Gasteiger partial charge in [-0.25, -0.2) is 0 Å². The Balaban J connectivity index is 2.38. The summed E-state index contributed by atoms with van der Waals surface area (Å²) in [5.41, 5.74) is 1.66. The fraction of sp³-hybridized carbons (Fsp3) is 0.111. The lowest BCUT2D eigenvalue weighted by Crippen LogP contribution is -1.95. The van der Waals surface area contributed by atoms with Gasteiger partial charge in [-0.1, -0.05) is 0 Å². The molecule has 3 rings (SSSR count). The number of nitrogens with one attached hydrogen (secondary N) is 1. The average Bonchev–Trinajstić information content (AvgIpc) is 2.87. The van der Waals surface area contributed by atoms with Gasteiger partial charge >= 0.3 is 0 Å². The zero-order chi connectivity index (χ0) is 11.1. The molecule has 0 spiro atoms. The van der Waals surface area contributed by atoms with E-state index in [0.29, 0.717) is 4.77 Å². The molecule has 0 aliphatic heterocycles. The number of aromatic amines is 1. The predicted molar refractivity (Wildman–Crippen MR) is 60.4 cm³/mol. The Labute approximate surface area is 95.6 Å². The Bertz CT molecular complexity index is 706. The summed E-state index contributed by atoms with van der Waals surface area (Å²) in [6.45, 7) is 0. The number of H-pyrrole nitrogens is 1. The number of pyridine rings is 1. The molecule has 80 valence electrons. The molecule has 0 aromatic carbocycles. The van der Waals surface area contributed by atoms with Crippen LogP contribution < -0.4 is 0 Å². The van der Waals surface area contributed by atoms with Gasteiger partial charge in [-0.15, -0.1) is 10.2 Å². The smallest absolute Gasteiger partial charge is 0.195 e. The monoisotopic (exact) mass is 232 g/mol. The maximum atomic E-state index is 5.08. The molecule has 0 amide bonds. The van der Waals surface area contributed by atoms with E-state index in [9.17, 15) is 0 Å². The number of fused-ring (bicyclic) bond motifs is 1. The van der Waals surface area contributed by atoms with Gasteiger partial charge < -0.3 is 4.57 Å². The molecule has 3 aromatic heterocycles. The lowest BCUT2D eigenvalue weighted by atomic mass is 10.2. The van der Waals surface area contributed by atoms with E-state index < -0.39 is 0 Å². The lowest BCUT2D eigenvalue weighted by molar-refractivity contribution is 0.901. The molecule has 0 saturated carbocycles. The Morgan fingerprint density at radius 2 is 2.31 bits per heavy atom. The van der Waals surface area contributed by atoms with E-state index in [1.807, 2.05) is 29.8 Å². The Morgan fingerprint density at radius 3 is 3.06 bits per heavy atom. The molecule has 0 radical (unpaired) electrons. The zero-order valence-electron chi connectivity index (χ0n) is 8.45. The molecule has 0 bridgehead atoms. The topological polar surface area (TPSA) is 63.8 Å². The summed E-state index contributed by atoms with van der Waals surface area (Å²) in [5, 5.41) is 14.9. The van der Waals surface area contributed by atoms with Gasteiger partial charge in [0.25, 0.3) is 0 Å². The standard InChI is InChI=1S/C9H8N6S/c1-14-7(12-13-9(14)16)6-3-2-4-15-5-10-11-8(6)15/h2-5H,1H3,(H,13,16). The fourth-order valence-electron chi connectivity index (χ4n) is 1.61. The third kappa shape index (κ3) is 1.18. The van der Waals surface area contributed by atoms with Crippen LogP contribution >= 0.6 is 12.2 Å². The number of aromatic nitrogens is 6. The van der Waals surface area contributed by atoms with Crippen molar-refractivity contribution in [3.63, 3.8) is 0 Å². The van der Waals surface area contributed by atoms with Crippen LogP contribution in [0.25, 0.3) is 17.0 Å². The van der Waals surface area contributed by atoms with Crippen LogP contribution in [0.3, 0.4) is 0 Å². The highest BCUT2D eigenvalue weighted by Crippen LogP contribution is 2.20. The SMILES string of the molecule is Cn1c(-c2cccn3cnnc23)n[nH]c1=S. The van der Waals surface area contributed by atoms with Crippen LogP contribution in [-0.2, 0) is 7.05 Å². The second kappa shape index (κ2) is 3.24. The van der Waals surface area contributed by atoms with Crippen LogP contribution in [-0.4, -0.2) is 29.4 Å². The summed E-state index contributed by atoms with van der Waals surface area (Å²) in [5.74, 6) is 0.753. The van der Waals surface area contributed by atoms with Gasteiger partial charge in [0.1, 0.15) is 6.33 Å². The largest absolute Gasteiger partial charge is 0.303 e. The summed E-state index contributed by atoms with van der Waals surface area (Å²) < 4.78 is 4.23. The Hall–Kier alpha value is -2.02. The van der Waals surface area contributed by atoms with Gasteiger partial charge in [0.15, 0.2) is 16.2 Å². The van der Waals surface area contributed by atoms with Crippen molar-refractivity contribution in [2.45, 2.75) is 0 Å². The molecule has 0 saturated heterocycles. The number of nitrogens with zero attached hydrogens (tertiary/aromatic N) is 5. The van der Waals surface area contributed by atoms with Crippen LogP contribution in [0.2, 0.25) is 0 Å². The number of hydrogen-bond donors (Lipinski definition) is 1. The van der Waals surface area contributed by atoms with Gasteiger partial charge in [-0.2, -0.15) is 5.10 Å². The fourth-order valence-corrected chi connectivity index (χ4v) is 1.75. The highest BCUT2D eigenvalue weighted by Gasteiger charge is 2.10. The Kier molecular flexibility index (Phi) is 1.87. The molecule has 3 heterocycles. The number of rotatable bonds is 1. The summed E-state index contributed by atoms with van der Waals surface area (Å²) >= 11 is 5.08. The second-order valence-electron chi connectivity index (χ2n) is 3.40. The minimum absolute atomic E-state index is 0.580. The van der Waals surface area contributed by atoms with Gasteiger partial charge in [-0.3, -0.25) is 9.50 Å². The predicted octanol–water partition coefficient (Wildman–Crippen LogP) is 1.19. The highest BCUT2D eigenvalue weighted by atomic mass is 32.1. The second-order valence-corrected chi connectivity index (χ2v) is 3.78. The van der Waals surface area contributed by atoms with Gasteiger partial charge in [0.2, 0.25) is 0 Å². The van der Waals surface area contributed by atoms with Crippen LogP contribution in [0.15, 0.2) is 24.7 Å². The Morgan fingerprint density at radius 1 is 1.44 bits per heavy atom. The summed E-state index contributed by atoms with van der Waals surface area (Å²) in [4.78, 5) is 0. The molecule has 0 aliphatic carbocycles. The third-order valence-electron chi connectivity index (χ3n) is 2.44. The van der Waals surface area contributed by atoms with Gasteiger partial charge in [-0.05, 0) is 24.4 Å². The molecule has 0 aliphatic rings. The lowest BCUT2D eigenvalue weighted by Gasteiger charge is -2.01. The van der Waals surface area contributed by atoms with E-state index in [1.54, 1.807) is 10.9 Å². The van der Waals surface area contributed by atoms with Crippen molar-refractivity contribution in [1.82, 2.24) is 29.4 Å². The molecular weight excluding hydrogens is 224 g/mol. The molecule has 0 unspecified atom stereocenters. The zero-order valence-corrected chi connectivity index (χ0v) is 9.27. The molecule has 0 atom stereocenters. The van der Waals surface area contributed by atoms with E-state index in [0.717, 1.165) is 17.0 Å². The summed E-state index contributed by atoms with van der Waals surface area (Å²) in [6.07, 6.45) is 3.54. The first-order valence-corrected chi connectivity index (χ1v) is 5.08. The van der Waals surface area contributed by atoms with Gasteiger partial charge in [0, 0.05) is 13.2 Å². The van der Waals surface area contributed by atoms with E-state index >= 15 is 0 Å². The first-order valence-electron chi connectivity index (χ1n) is 4.67. The number of hydrogen-bond acceptors (Lipinski definition) is 4. The van der Waals surface area contributed by atoms with Crippen molar-refractivity contribution in [3.8, 4) is 11.4 Å². The quantitative estimate of drug-likeness (QED) is 0.640. The molecular formula is C9H8N6S. The van der Waals surface area contributed by atoms with Crippen LogP contribution in [0.1, 0.15) is 0 Å². The highest BCUT2D eigenvalue weighted by molar-refractivity contribution is 7.71. The molecule has 0 fully saturated rings. The van der Waals surface area contributed by atoms with Crippen molar-refractivity contribution in [3.05, 3.63) is 29.4 Å². The molecule has 1 N–H and O–H groups in total. The minimum atomic E-state index is 0.580. The van der Waals surface area contributed by atoms with Crippen LogP contribution in [0.4, 0.5) is 0 Å². The summed E-state index contributed by atoms with van der Waals surface area (Å²) in [6, 6.07) is 3.86. The van der Waals surface area contributed by atoms with Gasteiger partial charge in [0.05, 0.1) is 5.56 Å². The summed E-state index contributed by atoms with van der Waals surface area (Å²) in [7, 11) is 1.86. The molecule has 6 nitrogen and oxygen atoms in total. The van der Waals surface area contributed by atoms with Crippen LogP contribution in [0.5, 0.6) is 0 Å². The molecule has 7 heteroatoms. The normalized spacial score (nSPS) is 11.1. The van der Waals surface area contributed by atoms with E-state index in [-0.39, 0.29) is 0 Å². The maximum absolute atomic E-state index is 5.08. The first kappa shape index (κ1) is 9.22. The van der Waals surface area contributed by atoms with Crippen molar-refractivity contribution < 1.29 is 0 Å². The van der Waals surface area contributed by atoms with Crippen molar-refractivity contribution in [2.75, 3.05) is 0 Å². The van der Waals surface area contributed by atoms with Crippen molar-refractivity contribution in [1.29, 1.82) is 0 Å². The van der Waals surface area contributed by atoms with E-state index in [1.165, 1.54) is 0 Å². The van der Waals surface area contributed by atoms with Crippen LogP contribution in [0, 0.1) is 4.77 Å². The van der Waals surface area contributed by atoms with E-state index in [2.05, 4.69) is 20.4 Å². The molecule has 3 aromatic rings. The minimum Gasteiger partial charge on any atom is -0.303 e. The van der Waals surface area contributed by atoms with Crippen molar-refractivity contribution >= 4 is 17.9 Å². The molecule has 16 heavy (non-hydrogen) atoms. The van der Waals surface area contributed by atoms with Crippen molar-refractivity contribution in [2.24, 2.45) is 7.05 Å². The first-order chi connectivity index (χ1) is 7.77. The van der Waals surface area contributed by atoms with E-state index in [4.69, 9.17) is 12.2 Å². The third-order valence-corrected chi connectivity index (χ3v) is 2.81.